The Hall–Kier alpha value is -1.51. The van der Waals surface area contributed by atoms with Crippen LogP contribution >= 0.6 is 0 Å². The lowest BCUT2D eigenvalue weighted by Crippen LogP contribution is -2.21. The van der Waals surface area contributed by atoms with Crippen molar-refractivity contribution in [3.05, 3.63) is 29.8 Å². The summed E-state index contributed by atoms with van der Waals surface area (Å²) >= 11 is 0. The van der Waals surface area contributed by atoms with Gasteiger partial charge in [0.15, 0.2) is 0 Å². The standard InChI is InChI=1S/C15H22O3/c1-4-6-15(16)17-11-12(3)18-14-9-7-13(5-2)8-10-14/h7-10,12H,4-6,11H2,1-3H3/t12-/m0/s1. The first-order valence-electron chi connectivity index (χ1n) is 6.57. The third-order valence-corrected chi connectivity index (χ3v) is 2.60. The molecule has 0 spiro atoms. The molecule has 1 aromatic rings. The molecule has 0 fully saturated rings. The van der Waals surface area contributed by atoms with E-state index in [-0.39, 0.29) is 12.1 Å². The van der Waals surface area contributed by atoms with Crippen LogP contribution in [0.2, 0.25) is 0 Å². The third kappa shape index (κ3) is 5.21. The number of carbonyl (C=O) groups excluding carboxylic acids is 1. The van der Waals surface area contributed by atoms with Crippen LogP contribution < -0.4 is 4.74 Å². The lowest BCUT2D eigenvalue weighted by molar-refractivity contribution is -0.145. The number of carbonyl (C=O) groups is 1. The molecular formula is C15H22O3. The lowest BCUT2D eigenvalue weighted by Gasteiger charge is -2.15. The van der Waals surface area contributed by atoms with Gasteiger partial charge in [-0.3, -0.25) is 4.79 Å². The zero-order valence-corrected chi connectivity index (χ0v) is 11.4. The maximum Gasteiger partial charge on any atom is 0.305 e. The Morgan fingerprint density at radius 3 is 2.44 bits per heavy atom. The first-order chi connectivity index (χ1) is 8.65. The molecule has 0 aliphatic rings. The molecule has 0 radical (unpaired) electrons. The Kier molecular flexibility index (Phi) is 6.26. The summed E-state index contributed by atoms with van der Waals surface area (Å²) in [6.45, 7) is 6.27. The number of esters is 1. The molecule has 0 saturated carbocycles. The second-order valence-electron chi connectivity index (χ2n) is 4.36. The minimum absolute atomic E-state index is 0.127. The fourth-order valence-electron chi connectivity index (χ4n) is 1.56. The molecule has 0 N–H and O–H groups in total. The number of aryl methyl sites for hydroxylation is 1. The molecule has 0 aliphatic heterocycles. The molecule has 0 bridgehead atoms. The van der Waals surface area contributed by atoms with Gasteiger partial charge in [0, 0.05) is 6.42 Å². The molecule has 0 saturated heterocycles. The topological polar surface area (TPSA) is 35.5 Å². The molecule has 100 valence electrons. The van der Waals surface area contributed by atoms with Crippen LogP contribution in [-0.4, -0.2) is 18.7 Å². The molecule has 0 aromatic heterocycles. The van der Waals surface area contributed by atoms with Crippen molar-refractivity contribution >= 4 is 5.97 Å². The Morgan fingerprint density at radius 1 is 1.22 bits per heavy atom. The van der Waals surface area contributed by atoms with E-state index in [1.165, 1.54) is 5.56 Å². The highest BCUT2D eigenvalue weighted by atomic mass is 16.6. The number of hydrogen-bond donors (Lipinski definition) is 0. The first kappa shape index (κ1) is 14.6. The van der Waals surface area contributed by atoms with E-state index in [0.717, 1.165) is 18.6 Å². The maximum absolute atomic E-state index is 11.2. The summed E-state index contributed by atoms with van der Waals surface area (Å²) < 4.78 is 10.8. The molecule has 18 heavy (non-hydrogen) atoms. The van der Waals surface area contributed by atoms with Crippen LogP contribution in [-0.2, 0) is 16.0 Å². The zero-order valence-electron chi connectivity index (χ0n) is 11.4. The number of hydrogen-bond acceptors (Lipinski definition) is 3. The van der Waals surface area contributed by atoms with Crippen LogP contribution in [0, 0.1) is 0 Å². The van der Waals surface area contributed by atoms with Crippen molar-refractivity contribution in [3.8, 4) is 5.75 Å². The van der Waals surface area contributed by atoms with Crippen molar-refractivity contribution in [2.75, 3.05) is 6.61 Å². The molecule has 0 unspecified atom stereocenters. The summed E-state index contributed by atoms with van der Waals surface area (Å²) in [5, 5.41) is 0. The summed E-state index contributed by atoms with van der Waals surface area (Å²) in [4.78, 5) is 11.2. The molecule has 1 atom stereocenters. The van der Waals surface area contributed by atoms with Gasteiger partial charge in [-0.15, -0.1) is 0 Å². The predicted molar refractivity (Wildman–Crippen MR) is 71.8 cm³/mol. The average molecular weight is 250 g/mol. The Bertz CT molecular complexity index is 357. The van der Waals surface area contributed by atoms with E-state index in [1.54, 1.807) is 0 Å². The van der Waals surface area contributed by atoms with Crippen LogP contribution in [0.1, 0.15) is 39.2 Å². The smallest absolute Gasteiger partial charge is 0.305 e. The maximum atomic E-state index is 11.2. The van der Waals surface area contributed by atoms with Crippen molar-refractivity contribution in [1.29, 1.82) is 0 Å². The molecule has 0 heterocycles. The van der Waals surface area contributed by atoms with Crippen LogP contribution in [0.15, 0.2) is 24.3 Å². The van der Waals surface area contributed by atoms with E-state index >= 15 is 0 Å². The molecular weight excluding hydrogens is 228 g/mol. The van der Waals surface area contributed by atoms with Crippen LogP contribution in [0.5, 0.6) is 5.75 Å². The number of benzene rings is 1. The highest BCUT2D eigenvalue weighted by molar-refractivity contribution is 5.69. The normalized spacial score (nSPS) is 11.9. The second-order valence-corrected chi connectivity index (χ2v) is 4.36. The largest absolute Gasteiger partial charge is 0.487 e. The lowest BCUT2D eigenvalue weighted by atomic mass is 10.2. The zero-order chi connectivity index (χ0) is 13.4. The van der Waals surface area contributed by atoms with Crippen LogP contribution in [0.25, 0.3) is 0 Å². The quantitative estimate of drug-likeness (QED) is 0.696. The molecule has 1 aromatic carbocycles. The fraction of sp³-hybridized carbons (Fsp3) is 0.533. The van der Waals surface area contributed by atoms with Crippen LogP contribution in [0.4, 0.5) is 0 Å². The van der Waals surface area contributed by atoms with Gasteiger partial charge in [-0.05, 0) is 37.5 Å². The summed E-state index contributed by atoms with van der Waals surface area (Å²) in [6, 6.07) is 7.99. The highest BCUT2D eigenvalue weighted by Crippen LogP contribution is 2.14. The van der Waals surface area contributed by atoms with E-state index in [0.29, 0.717) is 13.0 Å². The Morgan fingerprint density at radius 2 is 1.89 bits per heavy atom. The van der Waals surface area contributed by atoms with Gasteiger partial charge in [0.1, 0.15) is 18.5 Å². The summed E-state index contributed by atoms with van der Waals surface area (Å²) in [5.41, 5.74) is 1.28. The molecule has 0 aliphatic carbocycles. The molecule has 1 rings (SSSR count). The fourth-order valence-corrected chi connectivity index (χ4v) is 1.56. The number of rotatable bonds is 7. The van der Waals surface area contributed by atoms with Gasteiger partial charge in [-0.25, -0.2) is 0 Å². The highest BCUT2D eigenvalue weighted by Gasteiger charge is 2.08. The van der Waals surface area contributed by atoms with Crippen molar-refractivity contribution in [2.45, 2.75) is 46.1 Å². The van der Waals surface area contributed by atoms with E-state index < -0.39 is 0 Å². The van der Waals surface area contributed by atoms with Crippen molar-refractivity contribution in [1.82, 2.24) is 0 Å². The Balaban J connectivity index is 2.34. The van der Waals surface area contributed by atoms with Crippen molar-refractivity contribution < 1.29 is 14.3 Å². The van der Waals surface area contributed by atoms with E-state index in [2.05, 4.69) is 6.92 Å². The van der Waals surface area contributed by atoms with Gasteiger partial charge in [0.05, 0.1) is 0 Å². The van der Waals surface area contributed by atoms with Gasteiger partial charge in [-0.2, -0.15) is 0 Å². The SMILES string of the molecule is CCCC(=O)OC[C@H](C)Oc1ccc(CC)cc1. The van der Waals surface area contributed by atoms with Crippen LogP contribution in [0.3, 0.4) is 0 Å². The van der Waals surface area contributed by atoms with E-state index in [1.807, 2.05) is 38.1 Å². The second kappa shape index (κ2) is 7.75. The third-order valence-electron chi connectivity index (χ3n) is 2.60. The monoisotopic (exact) mass is 250 g/mol. The summed E-state index contributed by atoms with van der Waals surface area (Å²) in [5.74, 6) is 0.653. The minimum Gasteiger partial charge on any atom is -0.487 e. The molecule has 3 nitrogen and oxygen atoms in total. The van der Waals surface area contributed by atoms with Gasteiger partial charge < -0.3 is 9.47 Å². The van der Waals surface area contributed by atoms with Crippen molar-refractivity contribution in [3.63, 3.8) is 0 Å². The van der Waals surface area contributed by atoms with Gasteiger partial charge in [0.25, 0.3) is 0 Å². The predicted octanol–water partition coefficient (Wildman–Crippen LogP) is 3.36. The van der Waals surface area contributed by atoms with Gasteiger partial charge in [0.2, 0.25) is 0 Å². The van der Waals surface area contributed by atoms with E-state index in [9.17, 15) is 4.79 Å². The van der Waals surface area contributed by atoms with E-state index in [4.69, 9.17) is 9.47 Å². The van der Waals surface area contributed by atoms with Crippen molar-refractivity contribution in [2.24, 2.45) is 0 Å². The van der Waals surface area contributed by atoms with Gasteiger partial charge in [-0.1, -0.05) is 26.0 Å². The summed E-state index contributed by atoms with van der Waals surface area (Å²) in [7, 11) is 0. The average Bonchev–Trinajstić information content (AvgIpc) is 2.38. The Labute approximate surface area is 109 Å². The van der Waals surface area contributed by atoms with Gasteiger partial charge >= 0.3 is 5.97 Å². The minimum atomic E-state index is -0.158. The number of ether oxygens (including phenoxy) is 2. The first-order valence-corrected chi connectivity index (χ1v) is 6.57. The molecule has 0 amide bonds. The molecule has 3 heteroatoms. The summed E-state index contributed by atoms with van der Waals surface area (Å²) in [6.07, 6.45) is 2.17.